The molecule has 0 atom stereocenters. The zero-order chi connectivity index (χ0) is 31.3. The van der Waals surface area contributed by atoms with E-state index in [0.29, 0.717) is 27.7 Å². The van der Waals surface area contributed by atoms with E-state index in [-0.39, 0.29) is 34.8 Å². The first kappa shape index (κ1) is 33.3. The van der Waals surface area contributed by atoms with Gasteiger partial charge in [0.2, 0.25) is 26.0 Å². The third-order valence-electron chi connectivity index (χ3n) is 8.60. The van der Waals surface area contributed by atoms with Gasteiger partial charge in [0.25, 0.3) is 0 Å². The molecule has 2 fully saturated rings. The topological polar surface area (TPSA) is 113 Å². The van der Waals surface area contributed by atoms with Crippen LogP contribution in [0.5, 0.6) is 0 Å². The molecule has 2 saturated carbocycles. The number of anilines is 1. The normalized spacial score (nSPS) is 17.0. The van der Waals surface area contributed by atoms with Gasteiger partial charge in [-0.05, 0) is 89.5 Å². The molecular formula is C31H39BrClN5O4S2. The highest BCUT2D eigenvalue weighted by molar-refractivity contribution is 9.10. The van der Waals surface area contributed by atoms with E-state index >= 15 is 0 Å². The molecule has 2 aliphatic carbocycles. The predicted molar refractivity (Wildman–Crippen MR) is 176 cm³/mol. The fraction of sp³-hybridized carbons (Fsp3) is 0.484. The molecule has 0 aliphatic heterocycles. The van der Waals surface area contributed by atoms with Crippen LogP contribution in [-0.4, -0.2) is 55.0 Å². The monoisotopic (exact) mass is 723 g/mol. The maximum absolute atomic E-state index is 14.1. The largest absolute Gasteiger partial charge is 0.357 e. The SMILES string of the molecule is CNc1ncc(Br)c(CN(CC2CCCCC2)S(=O)(=O)c2ccc(S(=O)(=O)N(Cc3ccc(Cl)cc3)C3CCCC3)cc2)n1. The number of aromatic nitrogens is 2. The minimum Gasteiger partial charge on any atom is -0.357 e. The van der Waals surface area contributed by atoms with Crippen LogP contribution in [0.1, 0.15) is 69.0 Å². The van der Waals surface area contributed by atoms with Crippen molar-refractivity contribution in [3.05, 3.63) is 75.5 Å². The van der Waals surface area contributed by atoms with E-state index < -0.39 is 20.0 Å². The summed E-state index contributed by atoms with van der Waals surface area (Å²) in [5, 5.41) is 3.50. The van der Waals surface area contributed by atoms with Crippen LogP contribution in [0.25, 0.3) is 0 Å². The van der Waals surface area contributed by atoms with Gasteiger partial charge in [0.1, 0.15) is 0 Å². The van der Waals surface area contributed by atoms with Gasteiger partial charge in [-0.25, -0.2) is 26.8 Å². The molecule has 2 aliphatic rings. The molecule has 9 nitrogen and oxygen atoms in total. The number of nitrogens with zero attached hydrogens (tertiary/aromatic N) is 4. The van der Waals surface area contributed by atoms with E-state index in [9.17, 15) is 16.8 Å². The van der Waals surface area contributed by atoms with Crippen molar-refractivity contribution in [2.45, 2.75) is 86.7 Å². The molecule has 1 heterocycles. The van der Waals surface area contributed by atoms with Crippen LogP contribution in [0.4, 0.5) is 5.95 Å². The van der Waals surface area contributed by atoms with Gasteiger partial charge in [0, 0.05) is 37.4 Å². The lowest BCUT2D eigenvalue weighted by Crippen LogP contribution is -2.38. The molecule has 0 unspecified atom stereocenters. The predicted octanol–water partition coefficient (Wildman–Crippen LogP) is 6.84. The number of hydrogen-bond acceptors (Lipinski definition) is 7. The smallest absolute Gasteiger partial charge is 0.243 e. The van der Waals surface area contributed by atoms with Crippen LogP contribution in [0.3, 0.4) is 0 Å². The summed E-state index contributed by atoms with van der Waals surface area (Å²) in [5.41, 5.74) is 1.40. The van der Waals surface area contributed by atoms with Crippen molar-refractivity contribution < 1.29 is 16.8 Å². The molecule has 13 heteroatoms. The van der Waals surface area contributed by atoms with Crippen molar-refractivity contribution in [2.24, 2.45) is 5.92 Å². The second-order valence-electron chi connectivity index (χ2n) is 11.6. The van der Waals surface area contributed by atoms with E-state index in [1.165, 1.54) is 28.6 Å². The lowest BCUT2D eigenvalue weighted by atomic mass is 9.89. The Balaban J connectivity index is 1.43. The van der Waals surface area contributed by atoms with Crippen LogP contribution in [0, 0.1) is 5.92 Å². The zero-order valence-electron chi connectivity index (χ0n) is 24.8. The second-order valence-corrected chi connectivity index (χ2v) is 16.7. The third kappa shape index (κ3) is 7.82. The van der Waals surface area contributed by atoms with E-state index in [0.717, 1.165) is 63.4 Å². The standard InChI is InChI=1S/C31H39BrClN5O4S2/c1-34-31-35-19-29(32)30(36-31)22-37(20-23-7-3-2-4-8-23)43(39,40)27-15-17-28(18-16-27)44(41,42)38(26-9-5-6-10-26)21-24-11-13-25(33)14-12-24/h11-19,23,26H,2-10,20-22H2,1H3,(H,34,35,36). The summed E-state index contributed by atoms with van der Waals surface area (Å²) in [6.07, 6.45) is 10.4. The Hall–Kier alpha value is -2.09. The molecule has 1 aromatic heterocycles. The van der Waals surface area contributed by atoms with Crippen LogP contribution >= 0.6 is 27.5 Å². The highest BCUT2D eigenvalue weighted by atomic mass is 79.9. The van der Waals surface area contributed by atoms with Crippen molar-refractivity contribution in [1.29, 1.82) is 0 Å². The van der Waals surface area contributed by atoms with Gasteiger partial charge in [-0.2, -0.15) is 8.61 Å². The number of rotatable bonds is 12. The van der Waals surface area contributed by atoms with Crippen molar-refractivity contribution in [3.8, 4) is 0 Å². The van der Waals surface area contributed by atoms with E-state index in [4.69, 9.17) is 11.6 Å². The van der Waals surface area contributed by atoms with Gasteiger partial charge in [-0.1, -0.05) is 55.8 Å². The summed E-state index contributed by atoms with van der Waals surface area (Å²) in [7, 11) is -6.16. The lowest BCUT2D eigenvalue weighted by Gasteiger charge is -2.30. The summed E-state index contributed by atoms with van der Waals surface area (Å²) >= 11 is 9.54. The molecular weight excluding hydrogens is 686 g/mol. The Morgan fingerprint density at radius 1 is 0.841 bits per heavy atom. The Bertz CT molecular complexity index is 1630. The van der Waals surface area contributed by atoms with Crippen LogP contribution < -0.4 is 5.32 Å². The Morgan fingerprint density at radius 3 is 2.05 bits per heavy atom. The van der Waals surface area contributed by atoms with Gasteiger partial charge in [0.05, 0.1) is 26.5 Å². The number of hydrogen-bond donors (Lipinski definition) is 1. The average molecular weight is 725 g/mol. The van der Waals surface area contributed by atoms with E-state index in [2.05, 4.69) is 31.2 Å². The highest BCUT2D eigenvalue weighted by Crippen LogP contribution is 2.33. The zero-order valence-corrected chi connectivity index (χ0v) is 28.8. The third-order valence-corrected chi connectivity index (χ3v) is 13.3. The molecule has 3 aromatic rings. The molecule has 238 valence electrons. The molecule has 1 N–H and O–H groups in total. The Labute approximate surface area is 274 Å². The second kappa shape index (κ2) is 14.6. The average Bonchev–Trinajstić information content (AvgIpc) is 3.56. The number of nitrogens with one attached hydrogen (secondary N) is 1. The van der Waals surface area contributed by atoms with Crippen molar-refractivity contribution in [3.63, 3.8) is 0 Å². The Kier molecular flexibility index (Phi) is 11.0. The van der Waals surface area contributed by atoms with Gasteiger partial charge < -0.3 is 5.32 Å². The first-order valence-electron chi connectivity index (χ1n) is 15.1. The van der Waals surface area contributed by atoms with Crippen molar-refractivity contribution in [2.75, 3.05) is 18.9 Å². The number of halogens is 2. The van der Waals surface area contributed by atoms with Gasteiger partial charge in [-0.3, -0.25) is 0 Å². The van der Waals surface area contributed by atoms with Gasteiger partial charge >= 0.3 is 0 Å². The molecule has 44 heavy (non-hydrogen) atoms. The maximum atomic E-state index is 14.1. The number of benzene rings is 2. The van der Waals surface area contributed by atoms with E-state index in [1.54, 1.807) is 29.7 Å². The minimum absolute atomic E-state index is 0.0522. The summed E-state index contributed by atoms with van der Waals surface area (Å²) in [6, 6.07) is 12.8. The van der Waals surface area contributed by atoms with E-state index in [1.807, 2.05) is 12.1 Å². The molecule has 2 aromatic carbocycles. The van der Waals surface area contributed by atoms with Crippen LogP contribution in [0.15, 0.2) is 69.0 Å². The number of sulfonamides is 2. The maximum Gasteiger partial charge on any atom is 0.243 e. The van der Waals surface area contributed by atoms with Crippen LogP contribution in [-0.2, 0) is 33.1 Å². The molecule has 0 saturated heterocycles. The van der Waals surface area contributed by atoms with Gasteiger partial charge in [-0.15, -0.1) is 0 Å². The molecule has 0 spiro atoms. The Morgan fingerprint density at radius 2 is 1.43 bits per heavy atom. The van der Waals surface area contributed by atoms with Gasteiger partial charge in [0.15, 0.2) is 0 Å². The summed E-state index contributed by atoms with van der Waals surface area (Å²) in [5.74, 6) is 0.647. The highest BCUT2D eigenvalue weighted by Gasteiger charge is 2.34. The van der Waals surface area contributed by atoms with Crippen molar-refractivity contribution in [1.82, 2.24) is 18.6 Å². The quantitative estimate of drug-likeness (QED) is 0.218. The summed E-state index contributed by atoms with van der Waals surface area (Å²) in [4.78, 5) is 8.84. The first-order valence-corrected chi connectivity index (χ1v) is 19.2. The lowest BCUT2D eigenvalue weighted by molar-refractivity contribution is 0.273. The molecule has 0 amide bonds. The first-order chi connectivity index (χ1) is 21.1. The molecule has 0 bridgehead atoms. The summed E-state index contributed by atoms with van der Waals surface area (Å²) in [6.45, 7) is 0.652. The molecule has 0 radical (unpaired) electrons. The minimum atomic E-state index is -3.98. The van der Waals surface area contributed by atoms with Crippen molar-refractivity contribution >= 4 is 53.5 Å². The fourth-order valence-electron chi connectivity index (χ4n) is 6.15. The van der Waals surface area contributed by atoms with Crippen LogP contribution in [0.2, 0.25) is 5.02 Å². The fourth-order valence-corrected chi connectivity index (χ4v) is 9.74. The summed E-state index contributed by atoms with van der Waals surface area (Å²) < 4.78 is 59.9. The molecule has 5 rings (SSSR count).